The molecule has 3 aromatic rings. The number of rotatable bonds is 4. The highest BCUT2D eigenvalue weighted by Crippen LogP contribution is 2.39. The van der Waals surface area contributed by atoms with Crippen molar-refractivity contribution in [3.05, 3.63) is 58.9 Å². The topological polar surface area (TPSA) is 47.4 Å². The second kappa shape index (κ2) is 9.35. The van der Waals surface area contributed by atoms with Crippen LogP contribution in [0, 0.1) is 11.6 Å². The lowest BCUT2D eigenvalue weighted by atomic mass is 9.94. The van der Waals surface area contributed by atoms with Crippen LogP contribution in [0.5, 0.6) is 0 Å². The molecule has 1 aliphatic heterocycles. The van der Waals surface area contributed by atoms with Gasteiger partial charge in [0.25, 0.3) is 0 Å². The van der Waals surface area contributed by atoms with Crippen LogP contribution >= 0.6 is 0 Å². The fraction of sp³-hybridized carbons (Fsp3) is 0.481. The summed E-state index contributed by atoms with van der Waals surface area (Å²) >= 11 is 0. The molecular weight excluding hydrogens is 436 g/mol. The summed E-state index contributed by atoms with van der Waals surface area (Å²) in [5.74, 6) is -0.665. The molecular formula is C27H31F2N3O2. The summed E-state index contributed by atoms with van der Waals surface area (Å²) in [6, 6.07) is 8.67. The second-order valence-electron chi connectivity index (χ2n) is 9.60. The van der Waals surface area contributed by atoms with Gasteiger partial charge in [-0.3, -0.25) is 4.90 Å². The largest absolute Gasteiger partial charge is 0.452 e. The number of amides is 1. The van der Waals surface area contributed by atoms with Crippen LogP contribution in [0.25, 0.3) is 11.0 Å². The number of halogens is 2. The number of aromatic nitrogens is 2. The molecule has 2 aromatic carbocycles. The van der Waals surface area contributed by atoms with Gasteiger partial charge in [-0.2, -0.15) is 0 Å². The maximum atomic E-state index is 13.8. The van der Waals surface area contributed by atoms with Gasteiger partial charge < -0.3 is 9.30 Å². The lowest BCUT2D eigenvalue weighted by Gasteiger charge is -2.34. The van der Waals surface area contributed by atoms with Crippen molar-refractivity contribution in [3.63, 3.8) is 0 Å². The quantitative estimate of drug-likeness (QED) is 0.439. The first-order valence-corrected chi connectivity index (χ1v) is 12.3. The number of imidazole rings is 1. The lowest BCUT2D eigenvalue weighted by molar-refractivity contribution is 0.175. The number of benzene rings is 2. The monoisotopic (exact) mass is 467 g/mol. The van der Waals surface area contributed by atoms with Crippen molar-refractivity contribution >= 4 is 22.8 Å². The zero-order chi connectivity index (χ0) is 23.8. The average molecular weight is 468 g/mol. The van der Waals surface area contributed by atoms with E-state index in [1.54, 1.807) is 11.0 Å². The number of hydrogen-bond acceptors (Lipinski definition) is 3. The molecule has 34 heavy (non-hydrogen) atoms. The molecule has 2 aliphatic rings. The van der Waals surface area contributed by atoms with Crippen molar-refractivity contribution in [1.29, 1.82) is 0 Å². The summed E-state index contributed by atoms with van der Waals surface area (Å²) in [5, 5.41) is 0. The molecule has 0 unspecified atom stereocenters. The van der Waals surface area contributed by atoms with Crippen molar-refractivity contribution < 1.29 is 18.3 Å². The van der Waals surface area contributed by atoms with E-state index >= 15 is 0 Å². The van der Waals surface area contributed by atoms with Gasteiger partial charge in [-0.05, 0) is 68.9 Å². The first kappa shape index (κ1) is 22.8. The SMILES string of the molecule is COC(=O)N1c2ccc3c(nc(CCc4ccc(F)c(F)c4)n3C3CCCCC3)c2CC[C@@H]1C. The van der Waals surface area contributed by atoms with Gasteiger partial charge in [0.05, 0.1) is 23.8 Å². The van der Waals surface area contributed by atoms with Crippen molar-refractivity contribution in [2.45, 2.75) is 76.8 Å². The van der Waals surface area contributed by atoms with Gasteiger partial charge >= 0.3 is 6.09 Å². The smallest absolute Gasteiger partial charge is 0.414 e. The van der Waals surface area contributed by atoms with E-state index < -0.39 is 11.6 Å². The molecule has 0 saturated heterocycles. The summed E-state index contributed by atoms with van der Waals surface area (Å²) in [6.45, 7) is 2.04. The minimum Gasteiger partial charge on any atom is -0.452 e. The van der Waals surface area contributed by atoms with Crippen molar-refractivity contribution in [3.8, 4) is 0 Å². The van der Waals surface area contributed by atoms with Crippen LogP contribution in [-0.4, -0.2) is 28.8 Å². The molecule has 1 amide bonds. The van der Waals surface area contributed by atoms with Crippen LogP contribution in [0.4, 0.5) is 19.3 Å². The predicted molar refractivity (Wildman–Crippen MR) is 128 cm³/mol. The molecule has 0 N–H and O–H groups in total. The van der Waals surface area contributed by atoms with Gasteiger partial charge in [0.2, 0.25) is 0 Å². The number of aryl methyl sites for hydroxylation is 3. The Morgan fingerprint density at radius 1 is 1.06 bits per heavy atom. The summed E-state index contributed by atoms with van der Waals surface area (Å²) in [7, 11) is 1.41. The van der Waals surface area contributed by atoms with Crippen LogP contribution in [0.15, 0.2) is 30.3 Å². The zero-order valence-corrected chi connectivity index (χ0v) is 19.8. The molecule has 0 spiro atoms. The van der Waals surface area contributed by atoms with Crippen LogP contribution in [0.2, 0.25) is 0 Å². The number of carbonyl (C=O) groups excluding carboxylic acids is 1. The molecule has 0 radical (unpaired) electrons. The van der Waals surface area contributed by atoms with Crippen molar-refractivity contribution in [2.75, 3.05) is 12.0 Å². The fourth-order valence-corrected chi connectivity index (χ4v) is 5.70. The van der Waals surface area contributed by atoms with Crippen LogP contribution < -0.4 is 4.90 Å². The number of hydrogen-bond donors (Lipinski definition) is 0. The second-order valence-corrected chi connectivity index (χ2v) is 9.60. The van der Waals surface area contributed by atoms with Crippen molar-refractivity contribution in [1.82, 2.24) is 9.55 Å². The van der Waals surface area contributed by atoms with E-state index in [9.17, 15) is 13.6 Å². The molecule has 1 fully saturated rings. The average Bonchev–Trinajstić information content (AvgIpc) is 3.23. The highest BCUT2D eigenvalue weighted by Gasteiger charge is 2.32. The molecule has 0 bridgehead atoms. The third-order valence-electron chi connectivity index (χ3n) is 7.46. The van der Waals surface area contributed by atoms with Gasteiger partial charge in [0, 0.05) is 24.1 Å². The minimum absolute atomic E-state index is 0.0608. The Balaban J connectivity index is 1.57. The number of anilines is 1. The maximum Gasteiger partial charge on any atom is 0.414 e. The molecule has 5 nitrogen and oxygen atoms in total. The Morgan fingerprint density at radius 3 is 2.59 bits per heavy atom. The highest BCUT2D eigenvalue weighted by molar-refractivity contribution is 5.95. The number of carbonyl (C=O) groups is 1. The molecule has 7 heteroatoms. The van der Waals surface area contributed by atoms with Gasteiger partial charge in [-0.1, -0.05) is 25.3 Å². The van der Waals surface area contributed by atoms with Gasteiger partial charge in [-0.15, -0.1) is 0 Å². The number of fused-ring (bicyclic) bond motifs is 3. The Labute approximate surface area is 198 Å². The van der Waals surface area contributed by atoms with Crippen LogP contribution in [0.3, 0.4) is 0 Å². The Bertz CT molecular complexity index is 1220. The lowest BCUT2D eigenvalue weighted by Crippen LogP contribution is -2.42. The van der Waals surface area contributed by atoms with Gasteiger partial charge in [0.15, 0.2) is 11.6 Å². The van der Waals surface area contributed by atoms with Gasteiger partial charge in [-0.25, -0.2) is 18.6 Å². The summed E-state index contributed by atoms with van der Waals surface area (Å²) in [6.07, 6.45) is 8.47. The Hall–Kier alpha value is -2.96. The Kier molecular flexibility index (Phi) is 6.28. The number of ether oxygens (including phenoxy) is 1. The molecule has 180 valence electrons. The van der Waals surface area contributed by atoms with E-state index in [-0.39, 0.29) is 12.1 Å². The third-order valence-corrected chi connectivity index (χ3v) is 7.46. The van der Waals surface area contributed by atoms with Crippen molar-refractivity contribution in [2.24, 2.45) is 0 Å². The van der Waals surface area contributed by atoms with E-state index in [0.29, 0.717) is 18.9 Å². The normalized spacial score (nSPS) is 18.8. The molecule has 1 saturated carbocycles. The van der Waals surface area contributed by atoms with Gasteiger partial charge in [0.1, 0.15) is 5.82 Å². The molecule has 1 aromatic heterocycles. The summed E-state index contributed by atoms with van der Waals surface area (Å²) in [5.41, 5.74) is 4.77. The molecule has 1 aliphatic carbocycles. The molecule has 2 heterocycles. The van der Waals surface area contributed by atoms with Crippen LogP contribution in [-0.2, 0) is 24.0 Å². The highest BCUT2D eigenvalue weighted by atomic mass is 19.2. The van der Waals surface area contributed by atoms with E-state index in [0.717, 1.165) is 59.4 Å². The fourth-order valence-electron chi connectivity index (χ4n) is 5.70. The standard InChI is InChI=1S/C27H31F2N3O2/c1-17-8-11-20-23(31(17)27(33)34-2)13-14-24-26(20)30-25(32(24)19-6-4-3-5-7-19)15-10-18-9-12-21(28)22(29)16-18/h9,12-14,16-17,19H,3-8,10-11,15H2,1-2H3/t17-/m0/s1. The predicted octanol–water partition coefficient (Wildman–Crippen LogP) is 6.51. The summed E-state index contributed by atoms with van der Waals surface area (Å²) in [4.78, 5) is 19.4. The van der Waals surface area contributed by atoms with Crippen LogP contribution in [0.1, 0.15) is 68.4 Å². The minimum atomic E-state index is -0.825. The first-order chi connectivity index (χ1) is 16.5. The molecule has 1 atom stereocenters. The molecule has 5 rings (SSSR count). The zero-order valence-electron chi connectivity index (χ0n) is 19.8. The third kappa shape index (κ3) is 4.05. The van der Waals surface area contributed by atoms with E-state index in [1.165, 1.54) is 38.5 Å². The number of nitrogens with zero attached hydrogens (tertiary/aromatic N) is 3. The Morgan fingerprint density at radius 2 is 1.85 bits per heavy atom. The maximum absolute atomic E-state index is 13.8. The first-order valence-electron chi connectivity index (χ1n) is 12.3. The summed E-state index contributed by atoms with van der Waals surface area (Å²) < 4.78 is 34.6. The van der Waals surface area contributed by atoms with E-state index in [1.807, 2.05) is 13.0 Å². The number of methoxy groups -OCH3 is 1. The van der Waals surface area contributed by atoms with E-state index in [2.05, 4.69) is 10.6 Å². The van der Waals surface area contributed by atoms with E-state index in [4.69, 9.17) is 9.72 Å².